The van der Waals surface area contributed by atoms with Gasteiger partial charge in [-0.1, -0.05) is 24.3 Å². The Kier molecular flexibility index (Phi) is 5.82. The van der Waals surface area contributed by atoms with Crippen molar-refractivity contribution in [2.45, 2.75) is 6.10 Å². The molecule has 2 amide bonds. The third-order valence-electron chi connectivity index (χ3n) is 5.30. The first-order chi connectivity index (χ1) is 14.6. The first-order valence-corrected chi connectivity index (χ1v) is 9.94. The molecule has 4 rings (SSSR count). The van der Waals surface area contributed by atoms with E-state index in [9.17, 15) is 9.59 Å². The van der Waals surface area contributed by atoms with Gasteiger partial charge in [0.2, 0.25) is 6.10 Å². The van der Waals surface area contributed by atoms with Gasteiger partial charge >= 0.3 is 0 Å². The number of hydrogen-bond acceptors (Lipinski definition) is 5. The van der Waals surface area contributed by atoms with Gasteiger partial charge in [-0.2, -0.15) is 5.26 Å². The number of carbonyl (C=O) groups excluding carboxylic acids is 2. The molecule has 1 saturated heterocycles. The predicted molar refractivity (Wildman–Crippen MR) is 108 cm³/mol. The van der Waals surface area contributed by atoms with Gasteiger partial charge < -0.3 is 24.6 Å². The maximum atomic E-state index is 12.8. The van der Waals surface area contributed by atoms with Crippen LogP contribution in [0, 0.1) is 11.3 Å². The monoisotopic (exact) mass is 407 g/mol. The van der Waals surface area contributed by atoms with Gasteiger partial charge in [-0.05, 0) is 24.3 Å². The Bertz CT molecular complexity index is 979. The van der Waals surface area contributed by atoms with Crippen LogP contribution in [0.2, 0.25) is 0 Å². The average molecular weight is 407 g/mol. The minimum absolute atomic E-state index is 0.0871. The molecule has 30 heavy (non-hydrogen) atoms. The fraction of sp³-hybridized carbons (Fsp3) is 0.318. The molecule has 8 heteroatoms. The van der Waals surface area contributed by atoms with Crippen LogP contribution in [-0.4, -0.2) is 62.1 Å². The van der Waals surface area contributed by atoms with Crippen molar-refractivity contribution in [1.29, 1.82) is 5.26 Å². The summed E-state index contributed by atoms with van der Waals surface area (Å²) in [4.78, 5) is 28.0. The summed E-state index contributed by atoms with van der Waals surface area (Å²) in [7, 11) is 0. The van der Waals surface area contributed by atoms with Gasteiger partial charge in [0.15, 0.2) is 18.0 Å². The molecule has 1 atom stereocenters. The molecule has 2 aliphatic rings. The molecule has 0 aromatic heterocycles. The maximum Gasteiger partial charge on any atom is 0.279 e. The smallest absolute Gasteiger partial charge is 0.279 e. The summed E-state index contributed by atoms with van der Waals surface area (Å²) in [5.74, 6) is 1.00. The lowest BCUT2D eigenvalue weighted by Crippen LogP contribution is -3.15. The summed E-state index contributed by atoms with van der Waals surface area (Å²) in [6, 6.07) is 16.3. The standard InChI is InChI=1S/C22H22N4O4/c23-13-16-5-1-2-6-17(16)24-21(27)14-25-9-11-26(12-10-25)22(28)20-15-29-18-7-3-4-8-19(18)30-20/h1-8,20H,9-12,14-15H2,(H,24,27)/p+1/t20-/m1/s1. The molecule has 2 aliphatic heterocycles. The van der Waals surface area contributed by atoms with Crippen LogP contribution in [0.15, 0.2) is 48.5 Å². The Morgan fingerprint density at radius 3 is 2.57 bits per heavy atom. The second kappa shape index (κ2) is 8.84. The number of benzene rings is 2. The topological polar surface area (TPSA) is 96.1 Å². The molecule has 2 heterocycles. The van der Waals surface area contributed by atoms with Crippen molar-refractivity contribution < 1.29 is 24.0 Å². The highest BCUT2D eigenvalue weighted by Crippen LogP contribution is 2.31. The number of quaternary nitrogens is 1. The van der Waals surface area contributed by atoms with Crippen LogP contribution >= 0.6 is 0 Å². The summed E-state index contributed by atoms with van der Waals surface area (Å²) >= 11 is 0. The third kappa shape index (κ3) is 4.36. The number of amides is 2. The first kappa shape index (κ1) is 19.7. The van der Waals surface area contributed by atoms with Gasteiger partial charge in [0.05, 0.1) is 37.4 Å². The summed E-state index contributed by atoms with van der Waals surface area (Å²) < 4.78 is 11.5. The number of rotatable bonds is 4. The molecule has 8 nitrogen and oxygen atoms in total. The lowest BCUT2D eigenvalue weighted by atomic mass is 10.2. The minimum atomic E-state index is -0.646. The number of fused-ring (bicyclic) bond motifs is 1. The fourth-order valence-electron chi connectivity index (χ4n) is 3.68. The molecule has 0 spiro atoms. The van der Waals surface area contributed by atoms with Gasteiger partial charge in [0.1, 0.15) is 12.7 Å². The zero-order valence-electron chi connectivity index (χ0n) is 16.5. The van der Waals surface area contributed by atoms with Crippen molar-refractivity contribution in [2.75, 3.05) is 44.6 Å². The quantitative estimate of drug-likeness (QED) is 0.748. The van der Waals surface area contributed by atoms with Crippen molar-refractivity contribution in [3.05, 3.63) is 54.1 Å². The second-order valence-electron chi connectivity index (χ2n) is 7.32. The van der Waals surface area contributed by atoms with E-state index in [4.69, 9.17) is 14.7 Å². The van der Waals surface area contributed by atoms with Gasteiger partial charge in [-0.3, -0.25) is 9.59 Å². The maximum absolute atomic E-state index is 12.8. The Hall–Kier alpha value is -3.57. The Morgan fingerprint density at radius 2 is 1.80 bits per heavy atom. The molecule has 1 fully saturated rings. The molecule has 0 aliphatic carbocycles. The van der Waals surface area contributed by atoms with Crippen molar-refractivity contribution >= 4 is 17.5 Å². The summed E-state index contributed by atoms with van der Waals surface area (Å²) in [5.41, 5.74) is 0.959. The van der Waals surface area contributed by atoms with Crippen LogP contribution in [-0.2, 0) is 9.59 Å². The normalized spacial score (nSPS) is 18.4. The lowest BCUT2D eigenvalue weighted by molar-refractivity contribution is -0.895. The van der Waals surface area contributed by atoms with Crippen molar-refractivity contribution in [1.82, 2.24) is 4.90 Å². The SMILES string of the molecule is N#Cc1ccccc1NC(=O)C[NH+]1CCN(C(=O)[C@H]2COc3ccccc3O2)CC1. The fourth-order valence-corrected chi connectivity index (χ4v) is 3.68. The number of anilines is 1. The molecule has 2 N–H and O–H groups in total. The lowest BCUT2D eigenvalue weighted by Gasteiger charge is -2.35. The van der Waals surface area contributed by atoms with Crippen LogP contribution in [0.25, 0.3) is 0 Å². The first-order valence-electron chi connectivity index (χ1n) is 9.94. The van der Waals surface area contributed by atoms with E-state index in [0.717, 1.165) is 4.90 Å². The number of carbonyl (C=O) groups is 2. The summed E-state index contributed by atoms with van der Waals surface area (Å²) in [6.45, 7) is 2.93. The van der Waals surface area contributed by atoms with Gasteiger partial charge in [0.25, 0.3) is 11.8 Å². The molecule has 0 bridgehead atoms. The highest BCUT2D eigenvalue weighted by Gasteiger charge is 2.34. The van der Waals surface area contributed by atoms with Crippen LogP contribution < -0.4 is 19.7 Å². The Labute approximate surface area is 174 Å². The zero-order chi connectivity index (χ0) is 20.9. The van der Waals surface area contributed by atoms with Crippen molar-refractivity contribution in [2.24, 2.45) is 0 Å². The van der Waals surface area contributed by atoms with Crippen LogP contribution in [0.1, 0.15) is 5.56 Å². The van der Waals surface area contributed by atoms with Gasteiger partial charge in [-0.15, -0.1) is 0 Å². The minimum Gasteiger partial charge on any atom is -0.485 e. The highest BCUT2D eigenvalue weighted by molar-refractivity contribution is 5.92. The van der Waals surface area contributed by atoms with E-state index in [2.05, 4.69) is 11.4 Å². The molecule has 2 aromatic carbocycles. The van der Waals surface area contributed by atoms with E-state index in [1.807, 2.05) is 18.2 Å². The Balaban J connectivity index is 1.26. The van der Waals surface area contributed by atoms with Crippen LogP contribution in [0.5, 0.6) is 11.5 Å². The van der Waals surface area contributed by atoms with Gasteiger partial charge in [-0.25, -0.2) is 0 Å². The van der Waals surface area contributed by atoms with E-state index in [0.29, 0.717) is 48.9 Å². The molecule has 0 unspecified atom stereocenters. The second-order valence-corrected chi connectivity index (χ2v) is 7.32. The molecule has 154 valence electrons. The number of ether oxygens (including phenoxy) is 2. The number of nitrogens with zero attached hydrogens (tertiary/aromatic N) is 2. The Morgan fingerprint density at radius 1 is 1.10 bits per heavy atom. The van der Waals surface area contributed by atoms with E-state index >= 15 is 0 Å². The van der Waals surface area contributed by atoms with E-state index in [-0.39, 0.29) is 25.0 Å². The van der Waals surface area contributed by atoms with E-state index in [1.54, 1.807) is 35.2 Å². The highest BCUT2D eigenvalue weighted by atomic mass is 16.6. The van der Waals surface area contributed by atoms with Gasteiger partial charge in [0, 0.05) is 0 Å². The molecular formula is C22H23N4O4+. The predicted octanol–water partition coefficient (Wildman–Crippen LogP) is 0.0639. The van der Waals surface area contributed by atoms with Crippen molar-refractivity contribution in [3.8, 4) is 17.6 Å². The molecule has 2 aromatic rings. The third-order valence-corrected chi connectivity index (χ3v) is 5.30. The number of para-hydroxylation sites is 3. The summed E-state index contributed by atoms with van der Waals surface area (Å²) in [5, 5.41) is 11.9. The number of nitriles is 1. The molecule has 0 saturated carbocycles. The number of hydrogen-bond donors (Lipinski definition) is 2. The molecular weight excluding hydrogens is 384 g/mol. The zero-order valence-corrected chi connectivity index (χ0v) is 16.5. The van der Waals surface area contributed by atoms with Crippen molar-refractivity contribution in [3.63, 3.8) is 0 Å². The van der Waals surface area contributed by atoms with E-state index < -0.39 is 6.10 Å². The average Bonchev–Trinajstić information content (AvgIpc) is 2.79. The molecule has 0 radical (unpaired) electrons. The number of nitrogens with one attached hydrogen (secondary N) is 2. The summed E-state index contributed by atoms with van der Waals surface area (Å²) in [6.07, 6.45) is -0.646. The van der Waals surface area contributed by atoms with E-state index in [1.165, 1.54) is 0 Å². The number of piperazine rings is 1. The van der Waals surface area contributed by atoms with Crippen LogP contribution in [0.4, 0.5) is 5.69 Å². The van der Waals surface area contributed by atoms with Crippen LogP contribution in [0.3, 0.4) is 0 Å². The largest absolute Gasteiger partial charge is 0.485 e.